The molecule has 0 spiro atoms. The highest BCUT2D eigenvalue weighted by Gasteiger charge is 2.28. The summed E-state index contributed by atoms with van der Waals surface area (Å²) in [6, 6.07) is 12.9. The molecule has 1 aliphatic heterocycles. The minimum Gasteiger partial charge on any atom is -0.497 e. The van der Waals surface area contributed by atoms with Crippen LogP contribution < -0.4 is 10.1 Å². The van der Waals surface area contributed by atoms with Gasteiger partial charge in [-0.15, -0.1) is 0 Å². The summed E-state index contributed by atoms with van der Waals surface area (Å²) in [5.41, 5.74) is 3.65. The van der Waals surface area contributed by atoms with Gasteiger partial charge in [-0.25, -0.2) is 4.39 Å². The normalized spacial score (nSPS) is 13.9. The van der Waals surface area contributed by atoms with Gasteiger partial charge in [0.1, 0.15) is 11.6 Å². The van der Waals surface area contributed by atoms with Crippen molar-refractivity contribution in [2.24, 2.45) is 4.99 Å². The lowest BCUT2D eigenvalue weighted by molar-refractivity contribution is -0.114. The number of aliphatic imine (C=N–C) groups is 1. The minimum atomic E-state index is -2.86. The van der Waals surface area contributed by atoms with Crippen LogP contribution in [0.2, 0.25) is 0 Å². The van der Waals surface area contributed by atoms with Gasteiger partial charge >= 0.3 is 7.40 Å². The van der Waals surface area contributed by atoms with Crippen molar-refractivity contribution < 1.29 is 22.6 Å². The number of aromatic nitrogens is 1. The highest BCUT2D eigenvalue weighted by Crippen LogP contribution is 2.35. The monoisotopic (exact) mass is 489 g/mol. The molecule has 0 aliphatic carbocycles. The topological polar surface area (TPSA) is 55.6 Å². The van der Waals surface area contributed by atoms with Gasteiger partial charge in [-0.05, 0) is 66.6 Å². The van der Waals surface area contributed by atoms with E-state index in [0.717, 1.165) is 4.48 Å². The summed E-state index contributed by atoms with van der Waals surface area (Å²) in [5, 5.41) is 2.70. The number of nitrogens with one attached hydrogen (secondary N) is 1. The molecule has 4 rings (SSSR count). The van der Waals surface area contributed by atoms with Crippen LogP contribution in [0.5, 0.6) is 5.75 Å². The lowest BCUT2D eigenvalue weighted by atomic mass is 9.96. The van der Waals surface area contributed by atoms with Gasteiger partial charge in [0.05, 0.1) is 12.8 Å². The number of ether oxygens (including phenoxy) is 1. The molecule has 3 aromatic rings. The van der Waals surface area contributed by atoms with E-state index in [9.17, 15) is 17.8 Å². The molecule has 182 valence electrons. The molecule has 1 aromatic heterocycles. The molecular weight excluding hydrogens is 466 g/mol. The molecule has 0 atom stereocenters. The van der Waals surface area contributed by atoms with E-state index >= 15 is 0 Å². The van der Waals surface area contributed by atoms with Crippen molar-refractivity contribution >= 4 is 42.9 Å². The standard InChI is InChI=1S/C27H23BF3N3O2/c1-17-15-22(12-8-19-9-13-23(36-3)16-24(19)29)34(28(30)31)27(17)26(25-5-4-14-32-25)20-6-10-21(11-7-20)33-18(2)35/h4-16H,1-3H3,(H,33,35)/b12-8+,26-25-. The summed E-state index contributed by atoms with van der Waals surface area (Å²) in [7, 11) is -1.43. The van der Waals surface area contributed by atoms with Gasteiger partial charge in [-0.2, -0.15) is 0 Å². The molecule has 9 heteroatoms. The first-order chi connectivity index (χ1) is 17.3. The number of rotatable bonds is 7. The Morgan fingerprint density at radius 2 is 1.86 bits per heavy atom. The molecule has 2 heterocycles. The number of hydrogen-bond donors (Lipinski definition) is 1. The van der Waals surface area contributed by atoms with Crippen LogP contribution in [0.25, 0.3) is 17.7 Å². The zero-order valence-corrected chi connectivity index (χ0v) is 19.9. The molecule has 0 saturated heterocycles. The molecule has 1 aliphatic rings. The Morgan fingerprint density at radius 3 is 2.44 bits per heavy atom. The third-order valence-electron chi connectivity index (χ3n) is 5.63. The Labute approximate surface area is 207 Å². The Balaban J connectivity index is 1.83. The second-order valence-corrected chi connectivity index (χ2v) is 8.13. The molecule has 0 unspecified atom stereocenters. The number of carbonyl (C=O) groups is 1. The first kappa shape index (κ1) is 24.8. The maximum absolute atomic E-state index is 14.5. The van der Waals surface area contributed by atoms with Crippen molar-refractivity contribution in [1.82, 2.24) is 4.48 Å². The van der Waals surface area contributed by atoms with Crippen molar-refractivity contribution in [3.8, 4) is 5.75 Å². The Bertz CT molecular complexity index is 1410. The number of nitrogens with zero attached hydrogens (tertiary/aromatic N) is 2. The van der Waals surface area contributed by atoms with Crippen LogP contribution >= 0.6 is 0 Å². The average Bonchev–Trinajstić information content (AvgIpc) is 3.48. The zero-order chi connectivity index (χ0) is 25.8. The van der Waals surface area contributed by atoms with Crippen LogP contribution in [-0.4, -0.2) is 31.1 Å². The first-order valence-corrected chi connectivity index (χ1v) is 11.1. The van der Waals surface area contributed by atoms with E-state index in [1.807, 2.05) is 0 Å². The summed E-state index contributed by atoms with van der Waals surface area (Å²) in [4.78, 5) is 15.7. The molecular formula is C27H23BF3N3O2. The van der Waals surface area contributed by atoms with Crippen molar-refractivity contribution in [3.63, 3.8) is 0 Å². The summed E-state index contributed by atoms with van der Waals surface area (Å²) in [6.07, 6.45) is 8.00. The van der Waals surface area contributed by atoms with Crippen LogP contribution in [0.15, 0.2) is 71.4 Å². The zero-order valence-electron chi connectivity index (χ0n) is 19.9. The van der Waals surface area contributed by atoms with E-state index in [4.69, 9.17) is 4.74 Å². The number of carbonyl (C=O) groups excluding carboxylic acids is 1. The van der Waals surface area contributed by atoms with E-state index in [0.29, 0.717) is 39.5 Å². The van der Waals surface area contributed by atoms with Gasteiger partial charge in [0, 0.05) is 47.4 Å². The molecule has 0 fully saturated rings. The number of benzene rings is 2. The fourth-order valence-corrected chi connectivity index (χ4v) is 4.06. The predicted octanol–water partition coefficient (Wildman–Crippen LogP) is 6.25. The Kier molecular flexibility index (Phi) is 7.29. The van der Waals surface area contributed by atoms with Gasteiger partial charge in [0.25, 0.3) is 0 Å². The third kappa shape index (κ3) is 5.20. The number of anilines is 1. The average molecular weight is 489 g/mol. The second kappa shape index (κ2) is 10.6. The number of aryl methyl sites for hydroxylation is 1. The summed E-state index contributed by atoms with van der Waals surface area (Å²) < 4.78 is 49.3. The van der Waals surface area contributed by atoms with E-state index in [1.54, 1.807) is 61.7 Å². The van der Waals surface area contributed by atoms with E-state index in [1.165, 1.54) is 38.3 Å². The van der Waals surface area contributed by atoms with Crippen LogP contribution in [0.4, 0.5) is 18.7 Å². The largest absolute Gasteiger partial charge is 0.678 e. The van der Waals surface area contributed by atoms with Gasteiger partial charge in [0.15, 0.2) is 0 Å². The molecule has 2 aromatic carbocycles. The molecule has 0 radical (unpaired) electrons. The van der Waals surface area contributed by atoms with E-state index < -0.39 is 13.2 Å². The van der Waals surface area contributed by atoms with Crippen LogP contribution in [0, 0.1) is 12.7 Å². The quantitative estimate of drug-likeness (QED) is 0.400. The van der Waals surface area contributed by atoms with Crippen LogP contribution in [0.3, 0.4) is 0 Å². The van der Waals surface area contributed by atoms with Gasteiger partial charge in [-0.1, -0.05) is 18.2 Å². The predicted molar refractivity (Wildman–Crippen MR) is 139 cm³/mol. The van der Waals surface area contributed by atoms with Gasteiger partial charge in [-0.3, -0.25) is 18.4 Å². The van der Waals surface area contributed by atoms with Crippen molar-refractivity contribution in [2.75, 3.05) is 12.4 Å². The SMILES string of the molecule is COc1ccc(/C=C/c2cc(C)c(/C(=C3/C=CC=N3)c3ccc(NC(C)=O)cc3)n2B(F)F)c(F)c1. The van der Waals surface area contributed by atoms with Crippen LogP contribution in [0.1, 0.15) is 35.0 Å². The number of hydrogen-bond acceptors (Lipinski definition) is 3. The highest BCUT2D eigenvalue weighted by atomic mass is 19.2. The van der Waals surface area contributed by atoms with E-state index in [-0.39, 0.29) is 17.2 Å². The fourth-order valence-electron chi connectivity index (χ4n) is 4.06. The Hall–Kier alpha value is -4.27. The minimum absolute atomic E-state index is 0.211. The highest BCUT2D eigenvalue weighted by molar-refractivity contribution is 6.42. The fraction of sp³-hybridized carbons (Fsp3) is 0.111. The first-order valence-electron chi connectivity index (χ1n) is 11.1. The number of amides is 1. The van der Waals surface area contributed by atoms with Gasteiger partial charge in [0.2, 0.25) is 5.91 Å². The summed E-state index contributed by atoms with van der Waals surface area (Å²) in [6.45, 7) is 3.15. The van der Waals surface area contributed by atoms with E-state index in [2.05, 4.69) is 10.3 Å². The second-order valence-electron chi connectivity index (χ2n) is 8.13. The summed E-state index contributed by atoms with van der Waals surface area (Å²) in [5.74, 6) is -0.369. The summed E-state index contributed by atoms with van der Waals surface area (Å²) >= 11 is 0. The van der Waals surface area contributed by atoms with Gasteiger partial charge < -0.3 is 14.5 Å². The molecule has 1 N–H and O–H groups in total. The van der Waals surface area contributed by atoms with Crippen LogP contribution in [-0.2, 0) is 4.79 Å². The maximum Gasteiger partial charge on any atom is 0.678 e. The molecule has 0 saturated carbocycles. The molecule has 36 heavy (non-hydrogen) atoms. The van der Waals surface area contributed by atoms with Crippen molar-refractivity contribution in [2.45, 2.75) is 13.8 Å². The lowest BCUT2D eigenvalue weighted by Crippen LogP contribution is -2.18. The molecule has 1 amide bonds. The third-order valence-corrected chi connectivity index (χ3v) is 5.63. The molecule has 5 nitrogen and oxygen atoms in total. The van der Waals surface area contributed by atoms with Crippen molar-refractivity contribution in [1.29, 1.82) is 0 Å². The number of allylic oxidation sites excluding steroid dienone is 2. The smallest absolute Gasteiger partial charge is 0.497 e. The molecule has 0 bridgehead atoms. The maximum atomic E-state index is 14.5. The Morgan fingerprint density at radius 1 is 1.11 bits per heavy atom. The lowest BCUT2D eigenvalue weighted by Gasteiger charge is -2.16. The van der Waals surface area contributed by atoms with Crippen molar-refractivity contribution in [3.05, 3.63) is 100 Å². The number of methoxy groups -OCH3 is 1. The number of halogens is 3.